The van der Waals surface area contributed by atoms with Gasteiger partial charge in [0, 0.05) is 18.9 Å². The van der Waals surface area contributed by atoms with Crippen LogP contribution in [0.5, 0.6) is 0 Å². The fraction of sp³-hybridized carbons (Fsp3) is 0.500. The van der Waals surface area contributed by atoms with Gasteiger partial charge in [0.2, 0.25) is 5.91 Å². The Bertz CT molecular complexity index is 515. The van der Waals surface area contributed by atoms with Gasteiger partial charge in [-0.05, 0) is 31.9 Å². The lowest BCUT2D eigenvalue weighted by Gasteiger charge is -2.28. The van der Waals surface area contributed by atoms with Crippen LogP contribution < -0.4 is 5.73 Å². The second-order valence-corrected chi connectivity index (χ2v) is 5.25. The molecule has 1 saturated carbocycles. The molecule has 0 radical (unpaired) electrons. The lowest BCUT2D eigenvalue weighted by atomic mass is 10.0. The molecule has 0 aromatic carbocycles. The van der Waals surface area contributed by atoms with Crippen LogP contribution in [0.3, 0.4) is 0 Å². The highest BCUT2D eigenvalue weighted by molar-refractivity contribution is 5.94. The molecular formula is C14H19N3O3. The number of aliphatic hydroxyl groups excluding tert-OH is 1. The van der Waals surface area contributed by atoms with E-state index in [4.69, 9.17) is 5.73 Å². The molecule has 1 fully saturated rings. The van der Waals surface area contributed by atoms with Gasteiger partial charge in [-0.1, -0.05) is 0 Å². The first-order valence-electron chi connectivity index (χ1n) is 6.59. The molecule has 2 amide bonds. The van der Waals surface area contributed by atoms with E-state index in [-0.39, 0.29) is 11.9 Å². The summed E-state index contributed by atoms with van der Waals surface area (Å²) in [5, 5.41) is 10.1. The minimum absolute atomic E-state index is 0.216. The summed E-state index contributed by atoms with van der Waals surface area (Å²) in [7, 11) is 1.62. The highest BCUT2D eigenvalue weighted by Gasteiger charge is 2.41. The van der Waals surface area contributed by atoms with Gasteiger partial charge in [0.05, 0.1) is 23.6 Å². The van der Waals surface area contributed by atoms with Gasteiger partial charge in [0.15, 0.2) is 0 Å². The zero-order valence-corrected chi connectivity index (χ0v) is 11.6. The van der Waals surface area contributed by atoms with Crippen molar-refractivity contribution in [2.24, 2.45) is 11.7 Å². The van der Waals surface area contributed by atoms with Crippen LogP contribution in [0.1, 0.15) is 28.9 Å². The number of rotatable bonds is 3. The second-order valence-electron chi connectivity index (χ2n) is 5.25. The smallest absolute Gasteiger partial charge is 0.255 e. The van der Waals surface area contributed by atoms with Gasteiger partial charge in [0.1, 0.15) is 0 Å². The Hall–Kier alpha value is -1.95. The Kier molecular flexibility index (Phi) is 4.04. The van der Waals surface area contributed by atoms with E-state index in [0.717, 1.165) is 5.69 Å². The number of primary amides is 1. The van der Waals surface area contributed by atoms with E-state index in [2.05, 4.69) is 4.98 Å². The zero-order chi connectivity index (χ0) is 14.9. The van der Waals surface area contributed by atoms with Gasteiger partial charge in [-0.3, -0.25) is 14.6 Å². The fourth-order valence-electron chi connectivity index (χ4n) is 2.64. The summed E-state index contributed by atoms with van der Waals surface area (Å²) >= 11 is 0. The SMILES string of the molecule is Cc1ccc(C(=O)N(C)[C@@H]2CC[C@@H](C(N)=O)[C@@H]2O)cn1. The molecule has 1 aromatic heterocycles. The van der Waals surface area contributed by atoms with Crippen LogP contribution in [0.25, 0.3) is 0 Å². The number of amides is 2. The van der Waals surface area contributed by atoms with Crippen molar-refractivity contribution < 1.29 is 14.7 Å². The number of aliphatic hydroxyl groups is 1. The average molecular weight is 277 g/mol. The molecule has 0 aliphatic heterocycles. The number of aromatic nitrogens is 1. The number of nitrogens with zero attached hydrogens (tertiary/aromatic N) is 2. The van der Waals surface area contributed by atoms with E-state index in [9.17, 15) is 14.7 Å². The number of carbonyl (C=O) groups is 2. The van der Waals surface area contributed by atoms with Crippen LogP contribution in [-0.4, -0.2) is 46.0 Å². The number of nitrogens with two attached hydrogens (primary N) is 1. The Labute approximate surface area is 117 Å². The fourth-order valence-corrected chi connectivity index (χ4v) is 2.64. The molecule has 1 aromatic rings. The summed E-state index contributed by atoms with van der Waals surface area (Å²) in [6, 6.07) is 3.08. The molecule has 2 rings (SSSR count). The maximum Gasteiger partial charge on any atom is 0.255 e. The van der Waals surface area contributed by atoms with Crippen molar-refractivity contribution in [1.29, 1.82) is 0 Å². The number of hydrogen-bond acceptors (Lipinski definition) is 4. The monoisotopic (exact) mass is 277 g/mol. The zero-order valence-electron chi connectivity index (χ0n) is 11.6. The van der Waals surface area contributed by atoms with E-state index >= 15 is 0 Å². The van der Waals surface area contributed by atoms with Crippen LogP contribution in [0, 0.1) is 12.8 Å². The highest BCUT2D eigenvalue weighted by atomic mass is 16.3. The third-order valence-electron chi connectivity index (χ3n) is 3.92. The van der Waals surface area contributed by atoms with Gasteiger partial charge in [-0.25, -0.2) is 0 Å². The standard InChI is InChI=1S/C14H19N3O3/c1-8-3-4-9(7-16-8)14(20)17(2)11-6-5-10(12(11)18)13(15)19/h3-4,7,10-12,18H,5-6H2,1-2H3,(H2,15,19)/t10-,11-,12+/m1/s1. The summed E-state index contributed by atoms with van der Waals surface area (Å²) < 4.78 is 0. The molecule has 6 nitrogen and oxygen atoms in total. The Morgan fingerprint density at radius 1 is 1.40 bits per heavy atom. The van der Waals surface area contributed by atoms with Gasteiger partial charge >= 0.3 is 0 Å². The lowest BCUT2D eigenvalue weighted by Crippen LogP contribution is -2.45. The van der Waals surface area contributed by atoms with Crippen molar-refractivity contribution in [2.45, 2.75) is 31.9 Å². The Balaban J connectivity index is 2.11. The topological polar surface area (TPSA) is 96.5 Å². The van der Waals surface area contributed by atoms with Crippen LogP contribution in [0.4, 0.5) is 0 Å². The van der Waals surface area contributed by atoms with Gasteiger partial charge in [-0.2, -0.15) is 0 Å². The maximum absolute atomic E-state index is 12.3. The molecule has 0 saturated heterocycles. The van der Waals surface area contributed by atoms with Gasteiger partial charge < -0.3 is 15.7 Å². The molecule has 1 aliphatic rings. The van der Waals surface area contributed by atoms with Crippen LogP contribution >= 0.6 is 0 Å². The van der Waals surface area contributed by atoms with Gasteiger partial charge in [-0.15, -0.1) is 0 Å². The first-order valence-corrected chi connectivity index (χ1v) is 6.59. The molecule has 108 valence electrons. The van der Waals surface area contributed by atoms with Crippen molar-refractivity contribution >= 4 is 11.8 Å². The van der Waals surface area contributed by atoms with Crippen LogP contribution in [0.15, 0.2) is 18.3 Å². The molecule has 3 N–H and O–H groups in total. The minimum Gasteiger partial charge on any atom is -0.390 e. The maximum atomic E-state index is 12.3. The number of pyridine rings is 1. The van der Waals surface area contributed by atoms with E-state index < -0.39 is 17.9 Å². The van der Waals surface area contributed by atoms with Crippen molar-refractivity contribution in [3.63, 3.8) is 0 Å². The molecule has 1 aliphatic carbocycles. The number of hydrogen-bond donors (Lipinski definition) is 2. The first kappa shape index (κ1) is 14.5. The van der Waals surface area contributed by atoms with Crippen molar-refractivity contribution in [2.75, 3.05) is 7.05 Å². The van der Waals surface area contributed by atoms with Crippen molar-refractivity contribution in [3.05, 3.63) is 29.6 Å². The summed E-state index contributed by atoms with van der Waals surface area (Å²) in [5.74, 6) is -1.31. The molecule has 20 heavy (non-hydrogen) atoms. The average Bonchev–Trinajstić information content (AvgIpc) is 2.80. The predicted molar refractivity (Wildman–Crippen MR) is 72.8 cm³/mol. The van der Waals surface area contributed by atoms with Crippen LogP contribution in [0.2, 0.25) is 0 Å². The predicted octanol–water partition coefficient (Wildman–Crippen LogP) is 0.0868. The lowest BCUT2D eigenvalue weighted by molar-refractivity contribution is -0.124. The first-order chi connectivity index (χ1) is 9.41. The molecule has 1 heterocycles. The molecule has 0 unspecified atom stereocenters. The molecular weight excluding hydrogens is 258 g/mol. The number of aryl methyl sites for hydroxylation is 1. The van der Waals surface area contributed by atoms with E-state index in [1.54, 1.807) is 19.2 Å². The van der Waals surface area contributed by atoms with Crippen molar-refractivity contribution in [3.8, 4) is 0 Å². The van der Waals surface area contributed by atoms with Gasteiger partial charge in [0.25, 0.3) is 5.91 Å². The third-order valence-corrected chi connectivity index (χ3v) is 3.92. The molecule has 0 spiro atoms. The van der Waals surface area contributed by atoms with E-state index in [1.165, 1.54) is 11.1 Å². The molecule has 6 heteroatoms. The second kappa shape index (κ2) is 5.58. The van der Waals surface area contributed by atoms with Crippen molar-refractivity contribution in [1.82, 2.24) is 9.88 Å². The largest absolute Gasteiger partial charge is 0.390 e. The minimum atomic E-state index is -0.903. The summed E-state index contributed by atoms with van der Waals surface area (Å²) in [6.45, 7) is 1.84. The van der Waals surface area contributed by atoms with E-state index in [1.807, 2.05) is 6.92 Å². The normalized spacial score (nSPS) is 25.4. The number of carbonyl (C=O) groups excluding carboxylic acids is 2. The third kappa shape index (κ3) is 2.65. The Morgan fingerprint density at radius 2 is 2.10 bits per heavy atom. The summed E-state index contributed by atoms with van der Waals surface area (Å²) in [4.78, 5) is 29.1. The number of likely N-dealkylation sites (N-methyl/N-ethyl adjacent to an activating group) is 1. The molecule has 3 atom stereocenters. The highest BCUT2D eigenvalue weighted by Crippen LogP contribution is 2.29. The Morgan fingerprint density at radius 3 is 2.60 bits per heavy atom. The van der Waals surface area contributed by atoms with Crippen LogP contribution in [-0.2, 0) is 4.79 Å². The summed E-state index contributed by atoms with van der Waals surface area (Å²) in [5.41, 5.74) is 6.54. The quantitative estimate of drug-likeness (QED) is 0.818. The summed E-state index contributed by atoms with van der Waals surface area (Å²) in [6.07, 6.45) is 1.68. The van der Waals surface area contributed by atoms with E-state index in [0.29, 0.717) is 18.4 Å². The molecule has 0 bridgehead atoms.